The standard InChI is InChI=1S/C16H19N3O4S/c1-12-10-15(23-18-12)17-16(20)13-6-5-9-19(11-13)24(21,22)14-7-3-2-4-8-14/h2-4,7-8,10,13H,5-6,9,11H2,1H3,(H,17,20)/t13-/m1/s1. The van der Waals surface area contributed by atoms with Gasteiger partial charge in [0.25, 0.3) is 0 Å². The van der Waals surface area contributed by atoms with Crippen LogP contribution in [-0.2, 0) is 14.8 Å². The Morgan fingerprint density at radius 1 is 1.33 bits per heavy atom. The first-order chi connectivity index (χ1) is 11.5. The van der Waals surface area contributed by atoms with E-state index in [1.165, 1.54) is 4.31 Å². The zero-order valence-corrected chi connectivity index (χ0v) is 14.1. The average molecular weight is 349 g/mol. The van der Waals surface area contributed by atoms with Crippen LogP contribution in [0.15, 0.2) is 45.8 Å². The third-order valence-electron chi connectivity index (χ3n) is 4.01. The van der Waals surface area contributed by atoms with Crippen molar-refractivity contribution in [2.75, 3.05) is 18.4 Å². The maximum absolute atomic E-state index is 12.7. The van der Waals surface area contributed by atoms with Gasteiger partial charge < -0.3 is 4.52 Å². The van der Waals surface area contributed by atoms with Gasteiger partial charge in [-0.3, -0.25) is 10.1 Å². The second-order valence-electron chi connectivity index (χ2n) is 5.84. The van der Waals surface area contributed by atoms with Gasteiger partial charge >= 0.3 is 0 Å². The number of nitrogens with one attached hydrogen (secondary N) is 1. The van der Waals surface area contributed by atoms with Gasteiger partial charge in [0, 0.05) is 19.2 Å². The van der Waals surface area contributed by atoms with Gasteiger partial charge in [-0.1, -0.05) is 23.4 Å². The van der Waals surface area contributed by atoms with Gasteiger partial charge in [0.2, 0.25) is 21.8 Å². The summed E-state index contributed by atoms with van der Waals surface area (Å²) in [7, 11) is -3.58. The molecule has 2 aromatic rings. The first kappa shape index (κ1) is 16.7. The first-order valence-electron chi connectivity index (χ1n) is 7.76. The molecule has 3 rings (SSSR count). The molecular weight excluding hydrogens is 330 g/mol. The average Bonchev–Trinajstić information content (AvgIpc) is 3.00. The van der Waals surface area contributed by atoms with Crippen LogP contribution in [0.2, 0.25) is 0 Å². The molecule has 1 aliphatic heterocycles. The lowest BCUT2D eigenvalue weighted by atomic mass is 9.99. The number of hydrogen-bond donors (Lipinski definition) is 1. The number of aryl methyl sites for hydroxylation is 1. The molecule has 1 aromatic carbocycles. The third kappa shape index (κ3) is 3.49. The highest BCUT2D eigenvalue weighted by atomic mass is 32.2. The van der Waals surface area contributed by atoms with Crippen LogP contribution in [0.25, 0.3) is 0 Å². The molecule has 1 atom stereocenters. The molecule has 1 amide bonds. The predicted molar refractivity (Wildman–Crippen MR) is 87.8 cm³/mol. The molecule has 1 aliphatic rings. The van der Waals surface area contributed by atoms with Crippen molar-refractivity contribution in [2.45, 2.75) is 24.7 Å². The molecule has 1 fully saturated rings. The van der Waals surface area contributed by atoms with E-state index in [4.69, 9.17) is 4.52 Å². The van der Waals surface area contributed by atoms with Crippen molar-refractivity contribution in [3.63, 3.8) is 0 Å². The minimum atomic E-state index is -3.58. The second-order valence-corrected chi connectivity index (χ2v) is 7.77. The van der Waals surface area contributed by atoms with Crippen molar-refractivity contribution in [2.24, 2.45) is 5.92 Å². The molecule has 0 unspecified atom stereocenters. The summed E-state index contributed by atoms with van der Waals surface area (Å²) < 4.78 is 31.7. The summed E-state index contributed by atoms with van der Waals surface area (Å²) in [6, 6.07) is 9.90. The Morgan fingerprint density at radius 3 is 2.75 bits per heavy atom. The summed E-state index contributed by atoms with van der Waals surface area (Å²) in [5.41, 5.74) is 0.669. The SMILES string of the molecule is Cc1cc(NC(=O)[C@@H]2CCCN(S(=O)(=O)c3ccccc3)C2)on1. The Labute approximate surface area is 140 Å². The fraction of sp³-hybridized carbons (Fsp3) is 0.375. The third-order valence-corrected chi connectivity index (χ3v) is 5.89. The van der Waals surface area contributed by atoms with Crippen LogP contribution in [0.4, 0.5) is 5.88 Å². The van der Waals surface area contributed by atoms with Crippen LogP contribution in [-0.4, -0.2) is 36.9 Å². The molecule has 0 spiro atoms. The molecule has 24 heavy (non-hydrogen) atoms. The van der Waals surface area contributed by atoms with E-state index in [9.17, 15) is 13.2 Å². The van der Waals surface area contributed by atoms with Crippen molar-refractivity contribution in [3.8, 4) is 0 Å². The quantitative estimate of drug-likeness (QED) is 0.911. The van der Waals surface area contributed by atoms with E-state index in [1.807, 2.05) is 0 Å². The summed E-state index contributed by atoms with van der Waals surface area (Å²) in [6.07, 6.45) is 1.28. The molecule has 1 N–H and O–H groups in total. The van der Waals surface area contributed by atoms with Gasteiger partial charge in [-0.25, -0.2) is 8.42 Å². The van der Waals surface area contributed by atoms with Crippen molar-refractivity contribution in [1.29, 1.82) is 0 Å². The molecule has 2 heterocycles. The van der Waals surface area contributed by atoms with E-state index in [1.54, 1.807) is 43.3 Å². The molecular formula is C16H19N3O4S. The normalized spacial score (nSPS) is 19.1. The number of amides is 1. The summed E-state index contributed by atoms with van der Waals surface area (Å²) in [5.74, 6) is -0.387. The number of anilines is 1. The molecule has 0 aliphatic carbocycles. The summed E-state index contributed by atoms with van der Waals surface area (Å²) in [5, 5.41) is 6.37. The zero-order valence-electron chi connectivity index (χ0n) is 13.3. The molecule has 7 nitrogen and oxygen atoms in total. The Bertz CT molecular complexity index is 817. The van der Waals surface area contributed by atoms with Crippen molar-refractivity contribution in [3.05, 3.63) is 42.1 Å². The molecule has 1 saturated heterocycles. The number of carbonyl (C=O) groups is 1. The van der Waals surface area contributed by atoms with Crippen LogP contribution in [0.5, 0.6) is 0 Å². The lowest BCUT2D eigenvalue weighted by Gasteiger charge is -2.31. The summed E-state index contributed by atoms with van der Waals surface area (Å²) in [4.78, 5) is 12.6. The number of sulfonamides is 1. The van der Waals surface area contributed by atoms with E-state index < -0.39 is 15.9 Å². The lowest BCUT2D eigenvalue weighted by Crippen LogP contribution is -2.43. The van der Waals surface area contributed by atoms with Crippen LogP contribution >= 0.6 is 0 Å². The van der Waals surface area contributed by atoms with Crippen LogP contribution in [0.1, 0.15) is 18.5 Å². The van der Waals surface area contributed by atoms with Gasteiger partial charge in [-0.2, -0.15) is 4.31 Å². The van der Waals surface area contributed by atoms with Crippen LogP contribution in [0, 0.1) is 12.8 Å². The van der Waals surface area contributed by atoms with Gasteiger partial charge in [-0.05, 0) is 31.9 Å². The smallest absolute Gasteiger partial charge is 0.243 e. The number of nitrogens with zero attached hydrogens (tertiary/aromatic N) is 2. The maximum Gasteiger partial charge on any atom is 0.243 e. The fourth-order valence-corrected chi connectivity index (χ4v) is 4.31. The highest BCUT2D eigenvalue weighted by Crippen LogP contribution is 2.24. The van der Waals surface area contributed by atoms with E-state index in [0.29, 0.717) is 25.1 Å². The van der Waals surface area contributed by atoms with E-state index in [2.05, 4.69) is 10.5 Å². The van der Waals surface area contributed by atoms with Crippen LogP contribution < -0.4 is 5.32 Å². The highest BCUT2D eigenvalue weighted by Gasteiger charge is 2.33. The monoisotopic (exact) mass is 349 g/mol. The van der Waals surface area contributed by atoms with E-state index in [-0.39, 0.29) is 23.2 Å². The number of carbonyl (C=O) groups excluding carboxylic acids is 1. The van der Waals surface area contributed by atoms with Crippen molar-refractivity contribution in [1.82, 2.24) is 9.46 Å². The number of piperidine rings is 1. The lowest BCUT2D eigenvalue weighted by molar-refractivity contribution is -0.121. The van der Waals surface area contributed by atoms with Crippen molar-refractivity contribution < 1.29 is 17.7 Å². The Morgan fingerprint density at radius 2 is 2.08 bits per heavy atom. The largest absolute Gasteiger partial charge is 0.338 e. The number of benzene rings is 1. The molecule has 1 aromatic heterocycles. The predicted octanol–water partition coefficient (Wildman–Crippen LogP) is 2.02. The van der Waals surface area contributed by atoms with Gasteiger partial charge in [0.1, 0.15) is 0 Å². The minimum Gasteiger partial charge on any atom is -0.338 e. The Hall–Kier alpha value is -2.19. The Balaban J connectivity index is 1.71. The maximum atomic E-state index is 12.7. The van der Waals surface area contributed by atoms with Crippen LogP contribution in [0.3, 0.4) is 0 Å². The van der Waals surface area contributed by atoms with E-state index >= 15 is 0 Å². The first-order valence-corrected chi connectivity index (χ1v) is 9.20. The minimum absolute atomic E-state index is 0.163. The second kappa shape index (κ2) is 6.74. The molecule has 128 valence electrons. The number of aromatic nitrogens is 1. The van der Waals surface area contributed by atoms with Gasteiger partial charge in [0.15, 0.2) is 0 Å². The number of hydrogen-bond acceptors (Lipinski definition) is 5. The zero-order chi connectivity index (χ0) is 17.2. The van der Waals surface area contributed by atoms with E-state index in [0.717, 1.165) is 0 Å². The summed E-state index contributed by atoms with van der Waals surface area (Å²) in [6.45, 7) is 2.34. The topological polar surface area (TPSA) is 92.5 Å². The summed E-state index contributed by atoms with van der Waals surface area (Å²) >= 11 is 0. The molecule has 0 bridgehead atoms. The number of rotatable bonds is 4. The van der Waals surface area contributed by atoms with Gasteiger partial charge in [-0.15, -0.1) is 0 Å². The molecule has 0 radical (unpaired) electrons. The molecule has 8 heteroatoms. The van der Waals surface area contributed by atoms with Crippen molar-refractivity contribution >= 4 is 21.8 Å². The van der Waals surface area contributed by atoms with Gasteiger partial charge in [0.05, 0.1) is 16.5 Å². The Kier molecular flexibility index (Phi) is 4.68. The fourth-order valence-electron chi connectivity index (χ4n) is 2.76. The highest BCUT2D eigenvalue weighted by molar-refractivity contribution is 7.89. The molecule has 0 saturated carbocycles.